The first-order valence-electron chi connectivity index (χ1n) is 6.69. The summed E-state index contributed by atoms with van der Waals surface area (Å²) in [6.07, 6.45) is -4.82. The molecule has 0 fully saturated rings. The number of sulfonamides is 2. The van der Waals surface area contributed by atoms with Crippen LogP contribution in [-0.4, -0.2) is 16.8 Å². The molecule has 136 valence electrons. The normalized spacial score (nSPS) is 13.0. The van der Waals surface area contributed by atoms with Crippen LogP contribution in [0.5, 0.6) is 0 Å². The van der Waals surface area contributed by atoms with E-state index in [0.717, 1.165) is 12.1 Å². The van der Waals surface area contributed by atoms with E-state index in [2.05, 4.69) is 4.72 Å². The zero-order chi connectivity index (χ0) is 18.9. The van der Waals surface area contributed by atoms with E-state index in [1.54, 1.807) is 0 Å². The van der Waals surface area contributed by atoms with Gasteiger partial charge in [-0.25, -0.2) is 26.7 Å². The second kappa shape index (κ2) is 6.75. The Morgan fingerprint density at radius 1 is 0.920 bits per heavy atom. The van der Waals surface area contributed by atoms with Crippen LogP contribution in [0.3, 0.4) is 0 Å². The SMILES string of the molecule is NS(=O)(=O)c1ccc(CNS(=O)(=O)c2ccccc2C(F)(F)F)cc1. The molecule has 2 rings (SSSR count). The minimum absolute atomic E-state index is 0.165. The number of benzene rings is 2. The second-order valence-corrected chi connectivity index (χ2v) is 8.30. The molecule has 11 heteroatoms. The van der Waals surface area contributed by atoms with Gasteiger partial charge in [0.1, 0.15) is 0 Å². The molecule has 0 amide bonds. The van der Waals surface area contributed by atoms with Gasteiger partial charge in [0.05, 0.1) is 15.4 Å². The molecule has 25 heavy (non-hydrogen) atoms. The number of alkyl halides is 3. The molecule has 0 aliphatic heterocycles. The van der Waals surface area contributed by atoms with Gasteiger partial charge in [0.25, 0.3) is 0 Å². The number of nitrogens with one attached hydrogen (secondary N) is 1. The van der Waals surface area contributed by atoms with Crippen LogP contribution in [0.15, 0.2) is 58.3 Å². The third kappa shape index (κ3) is 4.78. The largest absolute Gasteiger partial charge is 0.417 e. The lowest BCUT2D eigenvalue weighted by Gasteiger charge is -2.13. The van der Waals surface area contributed by atoms with Gasteiger partial charge in [-0.1, -0.05) is 24.3 Å². The number of hydrogen-bond acceptors (Lipinski definition) is 4. The molecule has 0 spiro atoms. The quantitative estimate of drug-likeness (QED) is 0.807. The van der Waals surface area contributed by atoms with E-state index >= 15 is 0 Å². The van der Waals surface area contributed by atoms with Gasteiger partial charge in [0.2, 0.25) is 20.0 Å². The van der Waals surface area contributed by atoms with Crippen LogP contribution >= 0.6 is 0 Å². The van der Waals surface area contributed by atoms with Crippen molar-refractivity contribution in [3.63, 3.8) is 0 Å². The molecule has 0 unspecified atom stereocenters. The third-order valence-corrected chi connectivity index (χ3v) is 5.59. The van der Waals surface area contributed by atoms with E-state index in [1.807, 2.05) is 0 Å². The van der Waals surface area contributed by atoms with Gasteiger partial charge >= 0.3 is 6.18 Å². The minimum atomic E-state index is -4.82. The van der Waals surface area contributed by atoms with E-state index in [0.29, 0.717) is 11.6 Å². The summed E-state index contributed by atoms with van der Waals surface area (Å²) in [6, 6.07) is 8.75. The Kier molecular flexibility index (Phi) is 5.23. The predicted molar refractivity (Wildman–Crippen MR) is 83.3 cm³/mol. The Morgan fingerprint density at radius 2 is 1.48 bits per heavy atom. The summed E-state index contributed by atoms with van der Waals surface area (Å²) < 4.78 is 87.5. The predicted octanol–water partition coefficient (Wildman–Crippen LogP) is 1.83. The molecule has 0 saturated carbocycles. The van der Waals surface area contributed by atoms with Crippen LogP contribution in [0.1, 0.15) is 11.1 Å². The summed E-state index contributed by atoms with van der Waals surface area (Å²) in [5.41, 5.74) is -0.924. The summed E-state index contributed by atoms with van der Waals surface area (Å²) in [6.45, 7) is -0.320. The Hall–Kier alpha value is -1.95. The van der Waals surface area contributed by atoms with Crippen molar-refractivity contribution >= 4 is 20.0 Å². The van der Waals surface area contributed by atoms with Crippen molar-refractivity contribution in [2.75, 3.05) is 0 Å². The fourth-order valence-corrected chi connectivity index (χ4v) is 3.75. The van der Waals surface area contributed by atoms with Crippen molar-refractivity contribution < 1.29 is 30.0 Å². The first-order chi connectivity index (χ1) is 11.4. The average molecular weight is 394 g/mol. The highest BCUT2D eigenvalue weighted by atomic mass is 32.2. The highest BCUT2D eigenvalue weighted by Gasteiger charge is 2.36. The molecule has 0 aromatic heterocycles. The standard InChI is InChI=1S/C14H13F3N2O4S2/c15-14(16,17)12-3-1-2-4-13(12)25(22,23)19-9-10-5-7-11(8-6-10)24(18,20)21/h1-8,19H,9H2,(H2,18,20,21). The Balaban J connectivity index is 2.24. The maximum absolute atomic E-state index is 12.9. The Labute approximate surface area is 142 Å². The van der Waals surface area contributed by atoms with Gasteiger partial charge in [-0.3, -0.25) is 0 Å². The number of halogens is 3. The summed E-state index contributed by atoms with van der Waals surface area (Å²) in [5, 5.41) is 4.94. The molecule has 0 saturated heterocycles. The smallest absolute Gasteiger partial charge is 0.225 e. The van der Waals surface area contributed by atoms with Gasteiger partial charge in [0, 0.05) is 6.54 Å². The topological polar surface area (TPSA) is 106 Å². The molecular formula is C14H13F3N2O4S2. The van der Waals surface area contributed by atoms with E-state index in [1.165, 1.54) is 30.3 Å². The van der Waals surface area contributed by atoms with Gasteiger partial charge in [-0.15, -0.1) is 0 Å². The number of primary sulfonamides is 1. The minimum Gasteiger partial charge on any atom is -0.225 e. The maximum Gasteiger partial charge on any atom is 0.417 e. The first-order valence-corrected chi connectivity index (χ1v) is 9.72. The van der Waals surface area contributed by atoms with Crippen LogP contribution in [0.2, 0.25) is 0 Å². The fourth-order valence-electron chi connectivity index (χ4n) is 1.99. The molecule has 2 aromatic carbocycles. The first kappa shape index (κ1) is 19.4. The molecule has 0 radical (unpaired) electrons. The molecule has 0 aliphatic rings. The molecule has 0 aliphatic carbocycles. The monoisotopic (exact) mass is 394 g/mol. The molecule has 6 nitrogen and oxygen atoms in total. The van der Waals surface area contributed by atoms with Crippen LogP contribution in [0, 0.1) is 0 Å². The summed E-state index contributed by atoms with van der Waals surface area (Å²) in [5.74, 6) is 0. The van der Waals surface area contributed by atoms with E-state index in [4.69, 9.17) is 5.14 Å². The maximum atomic E-state index is 12.9. The third-order valence-electron chi connectivity index (χ3n) is 3.20. The Morgan fingerprint density at radius 3 is 2.00 bits per heavy atom. The molecule has 2 aromatic rings. The summed E-state index contributed by atoms with van der Waals surface area (Å²) >= 11 is 0. The molecular weight excluding hydrogens is 381 g/mol. The lowest BCUT2D eigenvalue weighted by atomic mass is 10.2. The summed E-state index contributed by atoms with van der Waals surface area (Å²) in [4.78, 5) is -1.05. The lowest BCUT2D eigenvalue weighted by Crippen LogP contribution is -2.26. The molecule has 0 heterocycles. The zero-order valence-electron chi connectivity index (χ0n) is 12.5. The van der Waals surface area contributed by atoms with Crippen molar-refractivity contribution in [1.82, 2.24) is 4.72 Å². The lowest BCUT2D eigenvalue weighted by molar-refractivity contribution is -0.139. The van der Waals surface area contributed by atoms with Crippen molar-refractivity contribution in [3.8, 4) is 0 Å². The van der Waals surface area contributed by atoms with Gasteiger partial charge in [0.15, 0.2) is 0 Å². The molecule has 3 N–H and O–H groups in total. The van der Waals surface area contributed by atoms with Gasteiger partial charge < -0.3 is 0 Å². The van der Waals surface area contributed by atoms with Gasteiger partial charge in [-0.05, 0) is 29.8 Å². The summed E-state index contributed by atoms with van der Waals surface area (Å²) in [7, 11) is -8.32. The van der Waals surface area contributed by atoms with Crippen molar-refractivity contribution in [1.29, 1.82) is 0 Å². The number of hydrogen-bond donors (Lipinski definition) is 2. The van der Waals surface area contributed by atoms with E-state index in [-0.39, 0.29) is 11.4 Å². The van der Waals surface area contributed by atoms with E-state index in [9.17, 15) is 30.0 Å². The zero-order valence-corrected chi connectivity index (χ0v) is 14.1. The average Bonchev–Trinajstić information content (AvgIpc) is 2.52. The van der Waals surface area contributed by atoms with Gasteiger partial charge in [-0.2, -0.15) is 13.2 Å². The molecule has 0 bridgehead atoms. The van der Waals surface area contributed by atoms with Crippen LogP contribution in [0.4, 0.5) is 13.2 Å². The van der Waals surface area contributed by atoms with Crippen LogP contribution in [0.25, 0.3) is 0 Å². The second-order valence-electron chi connectivity index (χ2n) is 5.01. The number of rotatable bonds is 5. The fraction of sp³-hybridized carbons (Fsp3) is 0.143. The van der Waals surface area contributed by atoms with E-state index < -0.39 is 36.7 Å². The van der Waals surface area contributed by atoms with Crippen LogP contribution < -0.4 is 9.86 Å². The Bertz CT molecular complexity index is 970. The highest BCUT2D eigenvalue weighted by molar-refractivity contribution is 7.89. The van der Waals surface area contributed by atoms with Crippen molar-refractivity contribution in [3.05, 3.63) is 59.7 Å². The highest BCUT2D eigenvalue weighted by Crippen LogP contribution is 2.33. The van der Waals surface area contributed by atoms with Crippen LogP contribution in [-0.2, 0) is 32.8 Å². The van der Waals surface area contributed by atoms with Crippen molar-refractivity contribution in [2.24, 2.45) is 5.14 Å². The van der Waals surface area contributed by atoms with Crippen molar-refractivity contribution in [2.45, 2.75) is 22.5 Å². The molecule has 0 atom stereocenters. The number of nitrogens with two attached hydrogens (primary N) is 1.